The van der Waals surface area contributed by atoms with Gasteiger partial charge < -0.3 is 14.4 Å². The second-order valence-electron chi connectivity index (χ2n) is 8.25. The molecule has 5 heteroatoms. The van der Waals surface area contributed by atoms with E-state index in [2.05, 4.69) is 17.1 Å². The first-order valence-corrected chi connectivity index (χ1v) is 10.7. The van der Waals surface area contributed by atoms with Gasteiger partial charge in [-0.05, 0) is 55.7 Å². The SMILES string of the molecule is O=C(c1ccncc1)N1CCC2(CC1)CC(CCOCc1ccccc1)CCO2. The van der Waals surface area contributed by atoms with Crippen LogP contribution in [-0.2, 0) is 16.1 Å². The Morgan fingerprint density at radius 2 is 1.90 bits per heavy atom. The van der Waals surface area contributed by atoms with Crippen LogP contribution in [0.3, 0.4) is 0 Å². The lowest BCUT2D eigenvalue weighted by Gasteiger charge is -2.46. The van der Waals surface area contributed by atoms with Gasteiger partial charge in [-0.25, -0.2) is 0 Å². The second-order valence-corrected chi connectivity index (χ2v) is 8.25. The van der Waals surface area contributed by atoms with E-state index in [1.54, 1.807) is 24.5 Å². The largest absolute Gasteiger partial charge is 0.377 e. The number of nitrogens with zero attached hydrogens (tertiary/aromatic N) is 2. The number of rotatable bonds is 6. The van der Waals surface area contributed by atoms with E-state index in [4.69, 9.17) is 9.47 Å². The van der Waals surface area contributed by atoms with Crippen LogP contribution in [0.25, 0.3) is 0 Å². The Balaban J connectivity index is 1.23. The maximum Gasteiger partial charge on any atom is 0.253 e. The predicted molar refractivity (Wildman–Crippen MR) is 111 cm³/mol. The van der Waals surface area contributed by atoms with Crippen molar-refractivity contribution in [3.63, 3.8) is 0 Å². The number of hydrogen-bond donors (Lipinski definition) is 0. The fourth-order valence-electron chi connectivity index (χ4n) is 4.53. The van der Waals surface area contributed by atoms with Gasteiger partial charge in [-0.2, -0.15) is 0 Å². The van der Waals surface area contributed by atoms with Crippen molar-refractivity contribution in [1.29, 1.82) is 0 Å². The Bertz CT molecular complexity index is 773. The van der Waals surface area contributed by atoms with Gasteiger partial charge in [-0.1, -0.05) is 30.3 Å². The zero-order valence-corrected chi connectivity index (χ0v) is 17.0. The lowest BCUT2D eigenvalue weighted by atomic mass is 9.78. The van der Waals surface area contributed by atoms with E-state index in [1.165, 1.54) is 5.56 Å². The number of amides is 1. The zero-order valence-electron chi connectivity index (χ0n) is 17.0. The highest BCUT2D eigenvalue weighted by Gasteiger charge is 2.41. The van der Waals surface area contributed by atoms with E-state index in [0.29, 0.717) is 18.1 Å². The summed E-state index contributed by atoms with van der Waals surface area (Å²) in [6.07, 6.45) is 8.46. The van der Waals surface area contributed by atoms with Gasteiger partial charge in [0.15, 0.2) is 0 Å². The molecule has 5 nitrogen and oxygen atoms in total. The van der Waals surface area contributed by atoms with Crippen LogP contribution in [0.2, 0.25) is 0 Å². The topological polar surface area (TPSA) is 51.7 Å². The molecule has 154 valence electrons. The molecule has 2 saturated heterocycles. The van der Waals surface area contributed by atoms with Crippen molar-refractivity contribution in [2.45, 2.75) is 44.3 Å². The van der Waals surface area contributed by atoms with E-state index >= 15 is 0 Å². The third-order valence-electron chi connectivity index (χ3n) is 6.27. The molecule has 0 N–H and O–H groups in total. The summed E-state index contributed by atoms with van der Waals surface area (Å²) in [5.41, 5.74) is 1.88. The number of carbonyl (C=O) groups excluding carboxylic acids is 1. The molecular weight excluding hydrogens is 364 g/mol. The van der Waals surface area contributed by atoms with Gasteiger partial charge in [0.2, 0.25) is 0 Å². The van der Waals surface area contributed by atoms with E-state index in [9.17, 15) is 4.79 Å². The quantitative estimate of drug-likeness (QED) is 0.693. The maximum atomic E-state index is 12.7. The Morgan fingerprint density at radius 3 is 2.66 bits per heavy atom. The highest BCUT2D eigenvalue weighted by molar-refractivity contribution is 5.94. The molecule has 1 unspecified atom stereocenters. The Morgan fingerprint density at radius 1 is 1.14 bits per heavy atom. The lowest BCUT2D eigenvalue weighted by Crippen LogP contribution is -2.50. The summed E-state index contributed by atoms with van der Waals surface area (Å²) in [4.78, 5) is 18.6. The lowest BCUT2D eigenvalue weighted by molar-refractivity contribution is -0.126. The van der Waals surface area contributed by atoms with E-state index in [1.807, 2.05) is 23.1 Å². The smallest absolute Gasteiger partial charge is 0.253 e. The number of piperidine rings is 1. The van der Waals surface area contributed by atoms with Gasteiger partial charge in [0.1, 0.15) is 0 Å². The van der Waals surface area contributed by atoms with Gasteiger partial charge in [-0.15, -0.1) is 0 Å². The van der Waals surface area contributed by atoms with Gasteiger partial charge >= 0.3 is 0 Å². The maximum absolute atomic E-state index is 12.7. The molecule has 0 saturated carbocycles. The zero-order chi connectivity index (χ0) is 19.9. The molecule has 29 heavy (non-hydrogen) atoms. The Labute approximate surface area is 173 Å². The molecule has 1 amide bonds. The van der Waals surface area contributed by atoms with E-state index < -0.39 is 0 Å². The van der Waals surface area contributed by atoms with Crippen LogP contribution in [-0.4, -0.2) is 47.7 Å². The number of hydrogen-bond acceptors (Lipinski definition) is 4. The van der Waals surface area contributed by atoms with Gasteiger partial charge in [-0.3, -0.25) is 9.78 Å². The molecule has 1 aromatic heterocycles. The van der Waals surface area contributed by atoms with Crippen molar-refractivity contribution >= 4 is 5.91 Å². The Hall–Kier alpha value is -2.24. The number of pyridine rings is 1. The minimum absolute atomic E-state index is 0.0582. The summed E-state index contributed by atoms with van der Waals surface area (Å²) in [6.45, 7) is 3.82. The fourth-order valence-corrected chi connectivity index (χ4v) is 4.53. The number of carbonyl (C=O) groups is 1. The average Bonchev–Trinajstić information content (AvgIpc) is 2.78. The van der Waals surface area contributed by atoms with Crippen LogP contribution in [0, 0.1) is 5.92 Å². The highest BCUT2D eigenvalue weighted by Crippen LogP contribution is 2.39. The number of benzene rings is 1. The minimum atomic E-state index is -0.0582. The molecule has 4 rings (SSSR count). The van der Waals surface area contributed by atoms with Crippen LogP contribution in [0.1, 0.15) is 48.0 Å². The second kappa shape index (κ2) is 9.51. The first-order valence-electron chi connectivity index (χ1n) is 10.7. The average molecular weight is 395 g/mol. The standard InChI is InChI=1S/C24H30N2O3/c27-23(22-6-12-25-13-7-22)26-14-10-24(11-15-26)18-20(9-17-29-24)8-16-28-19-21-4-2-1-3-5-21/h1-7,12-13,20H,8-11,14-19H2. The molecule has 1 spiro atoms. The van der Waals surface area contributed by atoms with E-state index in [-0.39, 0.29) is 11.5 Å². The molecule has 2 aliphatic heterocycles. The third kappa shape index (κ3) is 5.22. The summed E-state index contributed by atoms with van der Waals surface area (Å²) in [5, 5.41) is 0. The normalized spacial score (nSPS) is 21.2. The van der Waals surface area contributed by atoms with Crippen LogP contribution in [0.15, 0.2) is 54.9 Å². The minimum Gasteiger partial charge on any atom is -0.377 e. The first-order chi connectivity index (χ1) is 14.2. The number of ether oxygens (including phenoxy) is 2. The van der Waals surface area contributed by atoms with Crippen molar-refractivity contribution in [1.82, 2.24) is 9.88 Å². The summed E-state index contributed by atoms with van der Waals surface area (Å²) in [6, 6.07) is 13.9. The van der Waals surface area contributed by atoms with Crippen molar-refractivity contribution in [2.75, 3.05) is 26.3 Å². The molecule has 1 aromatic carbocycles. The van der Waals surface area contributed by atoms with Crippen molar-refractivity contribution in [3.05, 3.63) is 66.0 Å². The molecule has 3 heterocycles. The molecular formula is C24H30N2O3. The van der Waals surface area contributed by atoms with Crippen molar-refractivity contribution in [2.24, 2.45) is 5.92 Å². The molecule has 2 aromatic rings. The van der Waals surface area contributed by atoms with Gasteiger partial charge in [0.05, 0.1) is 12.2 Å². The summed E-state index contributed by atoms with van der Waals surface area (Å²) in [7, 11) is 0. The number of likely N-dealkylation sites (tertiary alicyclic amines) is 1. The van der Waals surface area contributed by atoms with Crippen molar-refractivity contribution < 1.29 is 14.3 Å². The van der Waals surface area contributed by atoms with Crippen LogP contribution >= 0.6 is 0 Å². The molecule has 2 aliphatic rings. The van der Waals surface area contributed by atoms with Crippen LogP contribution < -0.4 is 0 Å². The molecule has 2 fully saturated rings. The third-order valence-corrected chi connectivity index (χ3v) is 6.27. The van der Waals surface area contributed by atoms with Gasteiger partial charge in [0, 0.05) is 44.3 Å². The molecule has 1 atom stereocenters. The first kappa shape index (κ1) is 20.0. The van der Waals surface area contributed by atoms with E-state index in [0.717, 1.165) is 58.4 Å². The fraction of sp³-hybridized carbons (Fsp3) is 0.500. The van der Waals surface area contributed by atoms with Gasteiger partial charge in [0.25, 0.3) is 5.91 Å². The molecule has 0 aliphatic carbocycles. The van der Waals surface area contributed by atoms with Crippen LogP contribution in [0.4, 0.5) is 0 Å². The van der Waals surface area contributed by atoms with Crippen molar-refractivity contribution in [3.8, 4) is 0 Å². The predicted octanol–water partition coefficient (Wildman–Crippen LogP) is 4.09. The monoisotopic (exact) mass is 394 g/mol. The van der Waals surface area contributed by atoms with Crippen LogP contribution in [0.5, 0.6) is 0 Å². The highest BCUT2D eigenvalue weighted by atomic mass is 16.5. The Kier molecular flexibility index (Phi) is 6.57. The summed E-state index contributed by atoms with van der Waals surface area (Å²) in [5.74, 6) is 0.742. The summed E-state index contributed by atoms with van der Waals surface area (Å²) >= 11 is 0. The molecule has 0 bridgehead atoms. The molecule has 0 radical (unpaired) electrons. The number of aromatic nitrogens is 1. The summed E-state index contributed by atoms with van der Waals surface area (Å²) < 4.78 is 12.2.